The Bertz CT molecular complexity index is 859. The third kappa shape index (κ3) is 3.16. The molecular weight excluding hydrogens is 330 g/mol. The number of benzene rings is 2. The van der Waals surface area contributed by atoms with Crippen molar-refractivity contribution in [1.82, 2.24) is 0 Å². The Morgan fingerprint density at radius 3 is 2.05 bits per heavy atom. The van der Waals surface area contributed by atoms with Gasteiger partial charge in [0, 0.05) is 16.1 Å². The van der Waals surface area contributed by atoms with Gasteiger partial charge < -0.3 is 5.11 Å². The molecule has 0 unspecified atom stereocenters. The number of sulfonamides is 1. The highest BCUT2D eigenvalue weighted by Gasteiger charge is 2.26. The number of halogens is 1. The maximum absolute atomic E-state index is 12.4. The van der Waals surface area contributed by atoms with Gasteiger partial charge in [-0.3, -0.25) is 4.79 Å². The first-order chi connectivity index (χ1) is 10.2. The molecule has 0 aliphatic rings. The lowest BCUT2D eigenvalue weighted by Crippen LogP contribution is -2.21. The molecule has 0 aromatic heterocycles. The highest BCUT2D eigenvalue weighted by molar-refractivity contribution is 7.89. The second-order valence-electron chi connectivity index (χ2n) is 4.37. The first-order valence-electron chi connectivity index (χ1n) is 5.91. The number of aromatic carboxylic acids is 1. The Morgan fingerprint density at radius 2 is 1.55 bits per heavy atom. The van der Waals surface area contributed by atoms with E-state index < -0.39 is 32.2 Å². The minimum Gasteiger partial charge on any atom is -0.478 e. The maximum atomic E-state index is 12.4. The van der Waals surface area contributed by atoms with Gasteiger partial charge in [-0.15, -0.1) is 0 Å². The van der Waals surface area contributed by atoms with Crippen molar-refractivity contribution in [3.8, 4) is 0 Å². The molecule has 2 aromatic rings. The highest BCUT2D eigenvalue weighted by Crippen LogP contribution is 2.23. The van der Waals surface area contributed by atoms with Crippen LogP contribution in [0.25, 0.3) is 0 Å². The van der Waals surface area contributed by atoms with Gasteiger partial charge in [-0.2, -0.15) is 0 Å². The largest absolute Gasteiger partial charge is 0.478 e. The summed E-state index contributed by atoms with van der Waals surface area (Å²) < 4.78 is 23.4. The fourth-order valence-electron chi connectivity index (χ4n) is 1.95. The first-order valence-corrected chi connectivity index (χ1v) is 7.83. The van der Waals surface area contributed by atoms with Crippen molar-refractivity contribution < 1.29 is 23.1 Å². The van der Waals surface area contributed by atoms with Crippen molar-refractivity contribution in [1.29, 1.82) is 0 Å². The van der Waals surface area contributed by atoms with Crippen molar-refractivity contribution >= 4 is 33.4 Å². The number of ketones is 1. The number of primary sulfonamides is 1. The molecule has 114 valence electrons. The van der Waals surface area contributed by atoms with Crippen LogP contribution in [-0.4, -0.2) is 25.3 Å². The molecule has 0 saturated heterocycles. The predicted octanol–water partition coefficient (Wildman–Crippen LogP) is 1.92. The molecule has 0 fully saturated rings. The quantitative estimate of drug-likeness (QED) is 0.826. The van der Waals surface area contributed by atoms with Crippen LogP contribution in [0.5, 0.6) is 0 Å². The number of nitrogens with two attached hydrogens (primary N) is 1. The van der Waals surface area contributed by atoms with Crippen LogP contribution in [0.4, 0.5) is 0 Å². The summed E-state index contributed by atoms with van der Waals surface area (Å²) in [6.45, 7) is 0. The van der Waals surface area contributed by atoms with Gasteiger partial charge in [0.1, 0.15) is 4.90 Å². The van der Waals surface area contributed by atoms with Crippen LogP contribution in [0.3, 0.4) is 0 Å². The summed E-state index contributed by atoms with van der Waals surface area (Å²) in [4.78, 5) is 22.9. The lowest BCUT2D eigenvalue weighted by molar-refractivity contribution is 0.0692. The van der Waals surface area contributed by atoms with Gasteiger partial charge in [0.25, 0.3) is 0 Å². The Labute approximate surface area is 131 Å². The Hall–Kier alpha value is -2.22. The molecule has 2 rings (SSSR count). The number of carbonyl (C=O) groups excluding carboxylic acids is 1. The molecule has 0 heterocycles. The van der Waals surface area contributed by atoms with E-state index in [9.17, 15) is 18.0 Å². The van der Waals surface area contributed by atoms with Crippen molar-refractivity contribution in [3.05, 3.63) is 64.2 Å². The number of hydrogen-bond acceptors (Lipinski definition) is 4. The summed E-state index contributed by atoms with van der Waals surface area (Å²) in [5, 5.41) is 14.6. The Morgan fingerprint density at radius 1 is 1.00 bits per heavy atom. The maximum Gasteiger partial charge on any atom is 0.337 e. The van der Waals surface area contributed by atoms with Gasteiger partial charge in [0.15, 0.2) is 5.78 Å². The summed E-state index contributed by atoms with van der Waals surface area (Å²) in [6, 6.07) is 9.31. The fraction of sp³-hybridized carbons (Fsp3) is 0. The number of carbonyl (C=O) groups is 2. The molecule has 0 atom stereocenters. The van der Waals surface area contributed by atoms with Crippen molar-refractivity contribution in [2.24, 2.45) is 5.14 Å². The lowest BCUT2D eigenvalue weighted by atomic mass is 10.0. The van der Waals surface area contributed by atoms with Gasteiger partial charge in [0.05, 0.1) is 5.56 Å². The number of carboxylic acid groups (broad SMARTS) is 1. The van der Waals surface area contributed by atoms with Crippen molar-refractivity contribution in [2.45, 2.75) is 4.90 Å². The summed E-state index contributed by atoms with van der Waals surface area (Å²) in [7, 11) is -4.40. The van der Waals surface area contributed by atoms with Crippen LogP contribution < -0.4 is 5.14 Å². The Balaban J connectivity index is 2.70. The molecule has 0 amide bonds. The third-order valence-corrected chi connectivity index (χ3v) is 4.14. The van der Waals surface area contributed by atoms with Crippen LogP contribution in [0.1, 0.15) is 26.3 Å². The van der Waals surface area contributed by atoms with E-state index in [0.29, 0.717) is 5.02 Å². The molecule has 3 N–H and O–H groups in total. The standard InChI is InChI=1S/C14H10ClNO5S/c15-9-6-4-8(5-7-9)12(17)10-2-1-3-11(14(18)19)13(10)22(16,20)21/h1-7H,(H,18,19)(H2,16,20,21). The molecule has 8 heteroatoms. The van der Waals surface area contributed by atoms with E-state index in [4.69, 9.17) is 21.8 Å². The molecule has 6 nitrogen and oxygen atoms in total. The van der Waals surface area contributed by atoms with E-state index in [2.05, 4.69) is 0 Å². The SMILES string of the molecule is NS(=O)(=O)c1c(C(=O)O)cccc1C(=O)c1ccc(Cl)cc1. The third-order valence-electron chi connectivity index (χ3n) is 2.88. The smallest absolute Gasteiger partial charge is 0.337 e. The summed E-state index contributed by atoms with van der Waals surface area (Å²) in [5.74, 6) is -2.15. The minimum absolute atomic E-state index is 0.164. The van der Waals surface area contributed by atoms with Crippen LogP contribution in [0.2, 0.25) is 5.02 Å². The van der Waals surface area contributed by atoms with Gasteiger partial charge >= 0.3 is 5.97 Å². The molecule has 2 aromatic carbocycles. The highest BCUT2D eigenvalue weighted by atomic mass is 35.5. The van der Waals surface area contributed by atoms with Crippen LogP contribution in [0.15, 0.2) is 47.4 Å². The second-order valence-corrected chi connectivity index (χ2v) is 6.30. The molecule has 0 aliphatic heterocycles. The average molecular weight is 340 g/mol. The van der Waals surface area contributed by atoms with E-state index >= 15 is 0 Å². The van der Waals surface area contributed by atoms with Crippen LogP contribution >= 0.6 is 11.6 Å². The summed E-state index contributed by atoms with van der Waals surface area (Å²) in [6.07, 6.45) is 0. The first kappa shape index (κ1) is 16.2. The van der Waals surface area contributed by atoms with Gasteiger partial charge in [0.2, 0.25) is 10.0 Å². The van der Waals surface area contributed by atoms with Crippen molar-refractivity contribution in [3.63, 3.8) is 0 Å². The van der Waals surface area contributed by atoms with E-state index in [1.165, 1.54) is 36.4 Å². The van der Waals surface area contributed by atoms with Crippen LogP contribution in [0, 0.1) is 0 Å². The molecule has 22 heavy (non-hydrogen) atoms. The number of hydrogen-bond donors (Lipinski definition) is 2. The van der Waals surface area contributed by atoms with E-state index in [-0.39, 0.29) is 11.1 Å². The summed E-state index contributed by atoms with van der Waals surface area (Å²) in [5.41, 5.74) is -0.691. The zero-order valence-corrected chi connectivity index (χ0v) is 12.6. The zero-order valence-electron chi connectivity index (χ0n) is 11.0. The normalized spacial score (nSPS) is 11.2. The monoisotopic (exact) mass is 339 g/mol. The molecule has 0 radical (unpaired) electrons. The molecular formula is C14H10ClNO5S. The number of rotatable bonds is 4. The molecule has 0 aliphatic carbocycles. The average Bonchev–Trinajstić information content (AvgIpc) is 2.45. The molecule has 0 saturated carbocycles. The van der Waals surface area contributed by atoms with Crippen LogP contribution in [-0.2, 0) is 10.0 Å². The zero-order chi connectivity index (χ0) is 16.5. The van der Waals surface area contributed by atoms with E-state index in [1.807, 2.05) is 0 Å². The van der Waals surface area contributed by atoms with E-state index in [0.717, 1.165) is 6.07 Å². The van der Waals surface area contributed by atoms with Gasteiger partial charge in [-0.25, -0.2) is 18.4 Å². The topological polar surface area (TPSA) is 115 Å². The lowest BCUT2D eigenvalue weighted by Gasteiger charge is -2.10. The second kappa shape index (κ2) is 5.88. The van der Waals surface area contributed by atoms with E-state index in [1.54, 1.807) is 0 Å². The molecule has 0 bridgehead atoms. The minimum atomic E-state index is -4.40. The molecule has 0 spiro atoms. The van der Waals surface area contributed by atoms with Gasteiger partial charge in [-0.1, -0.05) is 17.7 Å². The Kier molecular flexibility index (Phi) is 4.32. The number of carboxylic acids is 1. The fourth-order valence-corrected chi connectivity index (χ4v) is 3.00. The van der Waals surface area contributed by atoms with Crippen molar-refractivity contribution in [2.75, 3.05) is 0 Å². The summed E-state index contributed by atoms with van der Waals surface area (Å²) >= 11 is 5.73. The predicted molar refractivity (Wildman–Crippen MR) is 79.7 cm³/mol. The van der Waals surface area contributed by atoms with Gasteiger partial charge in [-0.05, 0) is 36.4 Å².